The first-order valence-electron chi connectivity index (χ1n) is 15.8. The Morgan fingerprint density at radius 1 is 0.833 bits per heavy atom. The second-order valence-electron chi connectivity index (χ2n) is 11.8. The summed E-state index contributed by atoms with van der Waals surface area (Å²) in [5.41, 5.74) is 4.38. The summed E-state index contributed by atoms with van der Waals surface area (Å²) in [5, 5.41) is 16.3. The lowest BCUT2D eigenvalue weighted by atomic mass is 10.0. The third-order valence-electron chi connectivity index (χ3n) is 8.48. The van der Waals surface area contributed by atoms with Gasteiger partial charge in [0.1, 0.15) is 0 Å². The Bertz CT molecular complexity index is 1830. The molecular formula is C35H36Cl2FN7O3. The van der Waals surface area contributed by atoms with Gasteiger partial charge in [-0.2, -0.15) is 0 Å². The predicted molar refractivity (Wildman–Crippen MR) is 185 cm³/mol. The lowest BCUT2D eigenvalue weighted by Gasteiger charge is -2.16. The maximum Gasteiger partial charge on any atom is 0.220 e. The number of carbonyl (C=O) groups excluding carboxylic acids is 2. The Morgan fingerprint density at radius 3 is 2.17 bits per heavy atom. The first-order valence-corrected chi connectivity index (χ1v) is 16.6. The van der Waals surface area contributed by atoms with E-state index in [0.717, 1.165) is 18.4 Å². The number of pyridine rings is 2. The smallest absolute Gasteiger partial charge is 0.220 e. The fraction of sp³-hybridized carbons (Fsp3) is 0.314. The van der Waals surface area contributed by atoms with Crippen molar-refractivity contribution in [3.8, 4) is 28.4 Å². The van der Waals surface area contributed by atoms with Crippen LogP contribution in [0.1, 0.15) is 36.8 Å². The number of hydrogen-bond acceptors (Lipinski definition) is 8. The average molecular weight is 693 g/mol. The number of carbonyl (C=O) groups is 2. The van der Waals surface area contributed by atoms with E-state index >= 15 is 4.39 Å². The van der Waals surface area contributed by atoms with Crippen LogP contribution in [0, 0.1) is 5.82 Å². The quantitative estimate of drug-likeness (QED) is 0.120. The van der Waals surface area contributed by atoms with Gasteiger partial charge in [-0.25, -0.2) is 9.37 Å². The summed E-state index contributed by atoms with van der Waals surface area (Å²) in [4.78, 5) is 32.2. The minimum Gasteiger partial charge on any atom is -0.481 e. The number of amides is 2. The van der Waals surface area contributed by atoms with Crippen LogP contribution in [0.3, 0.4) is 0 Å². The van der Waals surface area contributed by atoms with Gasteiger partial charge >= 0.3 is 0 Å². The Morgan fingerprint density at radius 2 is 1.50 bits per heavy atom. The second kappa shape index (κ2) is 15.3. The molecule has 2 atom stereocenters. The van der Waals surface area contributed by atoms with Crippen molar-refractivity contribution in [2.75, 3.05) is 25.5 Å². The molecule has 0 spiro atoms. The molecule has 2 amide bonds. The number of methoxy groups -OCH3 is 1. The first-order chi connectivity index (χ1) is 23.3. The number of halogens is 3. The van der Waals surface area contributed by atoms with E-state index in [-0.39, 0.29) is 34.6 Å². The molecule has 0 aliphatic carbocycles. The number of hydrogen-bond donors (Lipinski definition) is 5. The number of benzene rings is 2. The summed E-state index contributed by atoms with van der Waals surface area (Å²) in [7, 11) is 1.57. The number of rotatable bonds is 13. The SMILES string of the molecule is COc1nc(-c2cccc(-c3nccc(Nc4cccc(CNC[C@H]5CCC(=O)N5)c4F)c3Cl)c2Cl)ccc1CNC[C@@H]1CCC(=O)N1. The number of anilines is 2. The lowest BCUT2D eigenvalue weighted by Crippen LogP contribution is -2.35. The molecule has 2 aromatic heterocycles. The predicted octanol–water partition coefficient (Wildman–Crippen LogP) is 5.75. The minimum absolute atomic E-state index is 0.0457. The topological polar surface area (TPSA) is 129 Å². The van der Waals surface area contributed by atoms with Crippen molar-refractivity contribution in [3.63, 3.8) is 0 Å². The molecule has 13 heteroatoms. The number of nitrogens with one attached hydrogen (secondary N) is 5. The highest BCUT2D eigenvalue weighted by Gasteiger charge is 2.22. The molecule has 5 N–H and O–H groups in total. The Hall–Kier alpha value is -4.29. The largest absolute Gasteiger partial charge is 0.481 e. The third kappa shape index (κ3) is 7.71. The van der Waals surface area contributed by atoms with E-state index in [1.165, 1.54) is 0 Å². The van der Waals surface area contributed by atoms with Crippen molar-refractivity contribution in [2.45, 2.75) is 50.9 Å². The molecule has 0 bridgehead atoms. The molecule has 2 fully saturated rings. The van der Waals surface area contributed by atoms with Gasteiger partial charge in [-0.3, -0.25) is 14.6 Å². The lowest BCUT2D eigenvalue weighted by molar-refractivity contribution is -0.120. The van der Waals surface area contributed by atoms with Gasteiger partial charge in [-0.05, 0) is 31.0 Å². The van der Waals surface area contributed by atoms with Gasteiger partial charge in [0.25, 0.3) is 0 Å². The van der Waals surface area contributed by atoms with Crippen LogP contribution in [0.2, 0.25) is 10.0 Å². The highest BCUT2D eigenvalue weighted by Crippen LogP contribution is 2.41. The average Bonchev–Trinajstić information content (AvgIpc) is 3.70. The van der Waals surface area contributed by atoms with Gasteiger partial charge in [0.2, 0.25) is 17.7 Å². The van der Waals surface area contributed by atoms with Gasteiger partial charge in [0.15, 0.2) is 5.82 Å². The van der Waals surface area contributed by atoms with Crippen LogP contribution in [-0.4, -0.2) is 54.1 Å². The van der Waals surface area contributed by atoms with Gasteiger partial charge in [-0.1, -0.05) is 59.6 Å². The van der Waals surface area contributed by atoms with Gasteiger partial charge in [0, 0.05) is 79.6 Å². The number of ether oxygens (including phenoxy) is 1. The molecule has 10 nitrogen and oxygen atoms in total. The van der Waals surface area contributed by atoms with Crippen molar-refractivity contribution in [3.05, 3.63) is 87.8 Å². The summed E-state index contributed by atoms with van der Waals surface area (Å²) in [6.45, 7) is 2.05. The van der Waals surface area contributed by atoms with E-state index < -0.39 is 5.82 Å². The van der Waals surface area contributed by atoms with E-state index in [2.05, 4.69) is 31.6 Å². The molecule has 0 saturated carbocycles. The zero-order valence-electron chi connectivity index (χ0n) is 26.3. The van der Waals surface area contributed by atoms with Crippen molar-refractivity contribution >= 4 is 46.4 Å². The van der Waals surface area contributed by atoms with Crippen LogP contribution in [-0.2, 0) is 22.7 Å². The number of aromatic nitrogens is 2. The molecule has 0 radical (unpaired) electrons. The summed E-state index contributed by atoms with van der Waals surface area (Å²) in [6.07, 6.45) is 4.25. The monoisotopic (exact) mass is 691 g/mol. The molecule has 4 heterocycles. The van der Waals surface area contributed by atoms with E-state index in [4.69, 9.17) is 32.9 Å². The highest BCUT2D eigenvalue weighted by molar-refractivity contribution is 6.39. The minimum atomic E-state index is -0.404. The van der Waals surface area contributed by atoms with Crippen molar-refractivity contribution in [2.24, 2.45) is 0 Å². The maximum atomic E-state index is 15.5. The normalized spacial score (nSPS) is 17.3. The standard InChI is InChI=1S/C35H36Cl2FN7O3/c1-48-35-21(17-40-19-23-10-13-30(47)43-23)8-11-26(45-35)24-5-3-6-25(31(24)36)34-32(37)27(14-15-41-34)44-28-7-2-4-20(33(28)38)16-39-18-22-9-12-29(46)42-22/h2-8,11,14-15,22-23,39-40H,9-10,12-13,16-19H2,1H3,(H,41,44)(H,42,46)(H,43,47)/t22-,23+/m1/s1. The fourth-order valence-corrected chi connectivity index (χ4v) is 6.53. The van der Waals surface area contributed by atoms with Gasteiger partial charge < -0.3 is 31.3 Å². The van der Waals surface area contributed by atoms with Crippen LogP contribution in [0.4, 0.5) is 15.8 Å². The summed E-state index contributed by atoms with van der Waals surface area (Å²) >= 11 is 13.9. The zero-order chi connectivity index (χ0) is 33.6. The van der Waals surface area contributed by atoms with Crippen molar-refractivity contribution < 1.29 is 18.7 Å². The number of nitrogens with zero attached hydrogens (tertiary/aromatic N) is 2. The van der Waals surface area contributed by atoms with E-state index in [1.807, 2.05) is 30.3 Å². The van der Waals surface area contributed by atoms with E-state index in [0.29, 0.717) is 83.7 Å². The van der Waals surface area contributed by atoms with E-state index in [9.17, 15) is 9.59 Å². The van der Waals surface area contributed by atoms with Crippen LogP contribution >= 0.6 is 23.2 Å². The Kier molecular flexibility index (Phi) is 10.7. The second-order valence-corrected chi connectivity index (χ2v) is 12.6. The van der Waals surface area contributed by atoms with Gasteiger partial charge in [0.05, 0.1) is 39.9 Å². The first kappa shape index (κ1) is 33.6. The summed E-state index contributed by atoms with van der Waals surface area (Å²) in [6, 6.07) is 16.3. The van der Waals surface area contributed by atoms with Crippen LogP contribution in [0.25, 0.3) is 22.5 Å². The third-order valence-corrected chi connectivity index (χ3v) is 9.27. The summed E-state index contributed by atoms with van der Waals surface area (Å²) in [5.74, 6) is 0.188. The zero-order valence-corrected chi connectivity index (χ0v) is 27.8. The summed E-state index contributed by atoms with van der Waals surface area (Å²) < 4.78 is 21.1. The molecule has 6 rings (SSSR count). The highest BCUT2D eigenvalue weighted by atomic mass is 35.5. The maximum absolute atomic E-state index is 15.5. The molecule has 48 heavy (non-hydrogen) atoms. The molecule has 2 aliphatic heterocycles. The van der Waals surface area contributed by atoms with Gasteiger partial charge in [-0.15, -0.1) is 0 Å². The van der Waals surface area contributed by atoms with Crippen LogP contribution < -0.4 is 31.3 Å². The molecule has 0 unspecified atom stereocenters. The molecule has 2 saturated heterocycles. The molecule has 2 aliphatic rings. The Balaban J connectivity index is 1.17. The van der Waals surface area contributed by atoms with Crippen LogP contribution in [0.15, 0.2) is 60.8 Å². The Labute approximate surface area is 288 Å². The van der Waals surface area contributed by atoms with Crippen molar-refractivity contribution in [1.29, 1.82) is 0 Å². The van der Waals surface area contributed by atoms with E-state index in [1.54, 1.807) is 37.6 Å². The molecule has 2 aromatic carbocycles. The van der Waals surface area contributed by atoms with Crippen LogP contribution in [0.5, 0.6) is 5.88 Å². The molecular weight excluding hydrogens is 656 g/mol. The fourth-order valence-electron chi connectivity index (χ4n) is 5.95. The molecule has 250 valence electrons. The molecule has 4 aromatic rings. The van der Waals surface area contributed by atoms with Crippen molar-refractivity contribution in [1.82, 2.24) is 31.2 Å².